The zero-order valence-corrected chi connectivity index (χ0v) is 28.0. The Morgan fingerprint density at radius 2 is 1.76 bits per heavy atom. The fourth-order valence-electron chi connectivity index (χ4n) is 7.90. The van der Waals surface area contributed by atoms with Gasteiger partial charge in [0.05, 0.1) is 35.8 Å². The zero-order chi connectivity index (χ0) is 33.0. The third-order valence-electron chi connectivity index (χ3n) is 10.0. The number of aliphatic hydroxyl groups is 1. The molecule has 3 unspecified atom stereocenters. The van der Waals surface area contributed by atoms with Gasteiger partial charge in [0.1, 0.15) is 6.04 Å². The Morgan fingerprint density at radius 1 is 1.09 bits per heavy atom. The van der Waals surface area contributed by atoms with E-state index in [0.717, 1.165) is 30.8 Å². The number of hydrogen-bond acceptors (Lipinski definition) is 7. The third kappa shape index (κ3) is 5.77. The summed E-state index contributed by atoms with van der Waals surface area (Å²) in [6.45, 7) is 15.9. The summed E-state index contributed by atoms with van der Waals surface area (Å²) in [5, 5.41) is 10.7. The molecule has 3 aliphatic heterocycles. The van der Waals surface area contributed by atoms with Gasteiger partial charge < -0.3 is 24.5 Å². The molecule has 1 spiro atoms. The first-order chi connectivity index (χ1) is 22.3. The first-order valence-corrected chi connectivity index (χ1v) is 17.4. The Hall–Kier alpha value is -3.56. The highest BCUT2D eigenvalue weighted by atomic mass is 32.2. The number of esters is 1. The summed E-state index contributed by atoms with van der Waals surface area (Å²) in [6.07, 6.45) is 5.58. The van der Waals surface area contributed by atoms with Crippen LogP contribution in [-0.4, -0.2) is 76.7 Å². The molecule has 0 aromatic heterocycles. The monoisotopic (exact) mass is 645 g/mol. The lowest BCUT2D eigenvalue weighted by Crippen LogP contribution is -2.58. The Bertz CT molecular complexity index is 1410. The summed E-state index contributed by atoms with van der Waals surface area (Å²) < 4.78 is 4.89. The summed E-state index contributed by atoms with van der Waals surface area (Å²) in [5.74, 6) is -2.30. The van der Waals surface area contributed by atoms with Gasteiger partial charge in [0.2, 0.25) is 5.91 Å². The number of thioether (sulfide) groups is 1. The zero-order valence-electron chi connectivity index (χ0n) is 27.2. The SMILES string of the molecule is C=CCCCOC(=O)[C@@H]1[C@H]2C(=O)N([C@H](CO)c3ccccc3)C(C(=O)N(CC=C)c3ccc(N(CC)CC)cc3)C23S[C@@H]1CC3C. The van der Waals surface area contributed by atoms with Crippen molar-refractivity contribution in [1.29, 1.82) is 0 Å². The van der Waals surface area contributed by atoms with Crippen LogP contribution in [0.15, 0.2) is 79.9 Å². The lowest BCUT2D eigenvalue weighted by molar-refractivity contribution is -0.155. The maximum Gasteiger partial charge on any atom is 0.310 e. The molecule has 1 N–H and O–H groups in total. The molecule has 0 radical (unpaired) electrons. The van der Waals surface area contributed by atoms with Crippen LogP contribution in [0.2, 0.25) is 0 Å². The van der Waals surface area contributed by atoms with E-state index in [9.17, 15) is 14.7 Å². The minimum atomic E-state index is -0.909. The number of aliphatic hydroxyl groups excluding tert-OH is 1. The van der Waals surface area contributed by atoms with Gasteiger partial charge in [-0.25, -0.2) is 0 Å². The maximum absolute atomic E-state index is 15.1. The van der Waals surface area contributed by atoms with E-state index in [1.54, 1.807) is 33.7 Å². The average molecular weight is 646 g/mol. The number of allylic oxidation sites excluding steroid dienone is 1. The van der Waals surface area contributed by atoms with Gasteiger partial charge in [-0.3, -0.25) is 14.4 Å². The number of amides is 2. The molecule has 0 aliphatic carbocycles. The second-order valence-corrected chi connectivity index (χ2v) is 14.0. The molecule has 2 bridgehead atoms. The number of ether oxygens (including phenoxy) is 1. The quantitative estimate of drug-likeness (QED) is 0.153. The molecule has 5 rings (SSSR count). The van der Waals surface area contributed by atoms with E-state index in [1.807, 2.05) is 54.6 Å². The number of fused-ring (bicyclic) bond motifs is 1. The number of carbonyl (C=O) groups is 3. The molecule has 3 aliphatic rings. The summed E-state index contributed by atoms with van der Waals surface area (Å²) >= 11 is 1.61. The molecule has 3 heterocycles. The lowest BCUT2D eigenvalue weighted by atomic mass is 9.66. The van der Waals surface area contributed by atoms with Gasteiger partial charge in [0.25, 0.3) is 5.91 Å². The van der Waals surface area contributed by atoms with E-state index in [4.69, 9.17) is 4.74 Å². The van der Waals surface area contributed by atoms with Crippen molar-refractivity contribution in [1.82, 2.24) is 4.90 Å². The molecular formula is C37H47N3O5S. The van der Waals surface area contributed by atoms with Crippen LogP contribution >= 0.6 is 11.8 Å². The highest BCUT2D eigenvalue weighted by Gasteiger charge is 2.77. The van der Waals surface area contributed by atoms with Crippen LogP contribution < -0.4 is 9.80 Å². The standard InChI is InChI=1S/C37H47N3O5S/c1-6-10-14-22-45-36(44)31-30-23-25(5)37(46-30)32(31)34(42)40(29(24-41)26-15-12-11-13-16-26)33(37)35(43)39(21-7-2)28-19-17-27(18-20-28)38(8-3)9-4/h6-7,11-13,15-20,25,29-33,41H,1-2,8-10,14,21-24H2,3-5H3/t25?,29-,30-,31+,32+,33?,37?/m1/s1. The first kappa shape index (κ1) is 33.8. The Labute approximate surface area is 277 Å². The van der Waals surface area contributed by atoms with Gasteiger partial charge in [-0.2, -0.15) is 0 Å². The topological polar surface area (TPSA) is 90.4 Å². The Balaban J connectivity index is 1.59. The van der Waals surface area contributed by atoms with Crippen molar-refractivity contribution in [2.75, 3.05) is 42.6 Å². The minimum absolute atomic E-state index is 0.0223. The van der Waals surface area contributed by atoms with Crippen LogP contribution in [0, 0.1) is 17.8 Å². The van der Waals surface area contributed by atoms with E-state index in [0.29, 0.717) is 18.5 Å². The molecule has 246 valence electrons. The second kappa shape index (κ2) is 14.5. The van der Waals surface area contributed by atoms with Gasteiger partial charge in [-0.15, -0.1) is 24.9 Å². The average Bonchev–Trinajstić information content (AvgIpc) is 3.67. The molecule has 7 atom stereocenters. The van der Waals surface area contributed by atoms with Crippen molar-refractivity contribution in [2.24, 2.45) is 17.8 Å². The molecule has 2 aromatic rings. The summed E-state index contributed by atoms with van der Waals surface area (Å²) in [6, 6.07) is 15.6. The van der Waals surface area contributed by atoms with Crippen molar-refractivity contribution in [3.63, 3.8) is 0 Å². The molecule has 8 nitrogen and oxygen atoms in total. The Kier molecular flexibility index (Phi) is 10.6. The highest BCUT2D eigenvalue weighted by molar-refractivity contribution is 8.02. The van der Waals surface area contributed by atoms with Crippen LogP contribution in [0.5, 0.6) is 0 Å². The van der Waals surface area contributed by atoms with Crippen molar-refractivity contribution >= 4 is 40.9 Å². The van der Waals surface area contributed by atoms with E-state index in [1.165, 1.54) is 0 Å². The van der Waals surface area contributed by atoms with E-state index >= 15 is 4.79 Å². The van der Waals surface area contributed by atoms with E-state index in [-0.39, 0.29) is 48.7 Å². The molecule has 3 fully saturated rings. The fourth-order valence-corrected chi connectivity index (χ4v) is 10.3. The van der Waals surface area contributed by atoms with Crippen LogP contribution in [0.4, 0.5) is 11.4 Å². The summed E-state index contributed by atoms with van der Waals surface area (Å²) in [7, 11) is 0. The lowest BCUT2D eigenvalue weighted by Gasteiger charge is -2.42. The first-order valence-electron chi connectivity index (χ1n) is 16.5. The summed E-state index contributed by atoms with van der Waals surface area (Å²) in [4.78, 5) is 49.1. The molecule has 0 saturated carbocycles. The second-order valence-electron chi connectivity index (χ2n) is 12.4. The van der Waals surface area contributed by atoms with Crippen molar-refractivity contribution < 1.29 is 24.2 Å². The number of rotatable bonds is 15. The smallest absolute Gasteiger partial charge is 0.310 e. The molecule has 3 saturated heterocycles. The maximum atomic E-state index is 15.1. The van der Waals surface area contributed by atoms with Gasteiger partial charge in [-0.1, -0.05) is 49.4 Å². The van der Waals surface area contributed by atoms with Crippen LogP contribution in [-0.2, 0) is 19.1 Å². The van der Waals surface area contributed by atoms with Gasteiger partial charge in [0, 0.05) is 36.3 Å². The number of carbonyl (C=O) groups excluding carboxylic acids is 3. The predicted molar refractivity (Wildman–Crippen MR) is 185 cm³/mol. The van der Waals surface area contributed by atoms with Gasteiger partial charge >= 0.3 is 5.97 Å². The normalized spacial score (nSPS) is 26.8. The van der Waals surface area contributed by atoms with E-state index in [2.05, 4.69) is 38.8 Å². The van der Waals surface area contributed by atoms with E-state index < -0.39 is 28.7 Å². The van der Waals surface area contributed by atoms with Crippen LogP contribution in [0.1, 0.15) is 51.6 Å². The Morgan fingerprint density at radius 3 is 2.37 bits per heavy atom. The molecule has 2 aromatic carbocycles. The van der Waals surface area contributed by atoms with Crippen molar-refractivity contribution in [3.8, 4) is 0 Å². The molecule has 2 amide bonds. The van der Waals surface area contributed by atoms with Crippen LogP contribution in [0.3, 0.4) is 0 Å². The molecular weight excluding hydrogens is 598 g/mol. The third-order valence-corrected chi connectivity index (χ3v) is 12.1. The number of hydrogen-bond donors (Lipinski definition) is 1. The number of nitrogens with zero attached hydrogens (tertiary/aromatic N) is 3. The van der Waals surface area contributed by atoms with Gasteiger partial charge in [-0.05, 0) is 68.9 Å². The number of anilines is 2. The highest BCUT2D eigenvalue weighted by Crippen LogP contribution is 2.69. The minimum Gasteiger partial charge on any atom is -0.465 e. The predicted octanol–water partition coefficient (Wildman–Crippen LogP) is 5.63. The number of benzene rings is 2. The number of unbranched alkanes of at least 4 members (excludes halogenated alkanes) is 1. The fraction of sp³-hybridized carbons (Fsp3) is 0.486. The largest absolute Gasteiger partial charge is 0.465 e. The van der Waals surface area contributed by atoms with Crippen LogP contribution in [0.25, 0.3) is 0 Å². The van der Waals surface area contributed by atoms with Crippen molar-refractivity contribution in [3.05, 3.63) is 85.5 Å². The van der Waals surface area contributed by atoms with Gasteiger partial charge in [0.15, 0.2) is 0 Å². The number of likely N-dealkylation sites (tertiary alicyclic amines) is 1. The summed E-state index contributed by atoms with van der Waals surface area (Å²) in [5.41, 5.74) is 2.51. The molecule has 9 heteroatoms. The molecule has 46 heavy (non-hydrogen) atoms. The van der Waals surface area contributed by atoms with Crippen molar-refractivity contribution in [2.45, 2.75) is 62.1 Å².